The van der Waals surface area contributed by atoms with Crippen molar-refractivity contribution >= 4 is 23.3 Å². The fourth-order valence-corrected chi connectivity index (χ4v) is 2.57. The number of azo groups is 1. The summed E-state index contributed by atoms with van der Waals surface area (Å²) in [4.78, 5) is 22.2. The normalized spacial score (nSPS) is 11.5. The van der Waals surface area contributed by atoms with Crippen LogP contribution in [-0.4, -0.2) is 28.8 Å². The Labute approximate surface area is 181 Å². The minimum Gasteiger partial charge on any atom is -0.506 e. The second-order valence-electron chi connectivity index (χ2n) is 7.09. The SMILES string of the molecule is C=C(C)C(=O)OCCc1ccc(N=Nc2cc(CCC=C(C)C(=O)O)ccc2O)cc1. The van der Waals surface area contributed by atoms with Gasteiger partial charge in [-0.3, -0.25) is 0 Å². The molecule has 162 valence electrons. The van der Waals surface area contributed by atoms with Crippen molar-refractivity contribution in [2.45, 2.75) is 33.1 Å². The molecular weight excluding hydrogens is 396 g/mol. The standard InChI is InChI=1S/C24H26N2O5/c1-16(2)24(30)31-14-13-18-7-10-20(11-8-18)25-26-21-15-19(9-12-22(21)27)6-4-5-17(3)23(28)29/h5,7-12,15,27H,1,4,6,13-14H2,2-3H3,(H,28,29). The first kappa shape index (κ1) is 23.5. The summed E-state index contributed by atoms with van der Waals surface area (Å²) in [5, 5.41) is 27.2. The molecule has 0 radical (unpaired) electrons. The summed E-state index contributed by atoms with van der Waals surface area (Å²) in [6.07, 6.45) is 3.44. The lowest BCUT2D eigenvalue weighted by Gasteiger charge is -2.05. The van der Waals surface area contributed by atoms with Crippen LogP contribution in [0, 0.1) is 0 Å². The topological polar surface area (TPSA) is 109 Å². The van der Waals surface area contributed by atoms with E-state index in [0.717, 1.165) is 11.1 Å². The molecule has 0 saturated carbocycles. The summed E-state index contributed by atoms with van der Waals surface area (Å²) in [5.74, 6) is -1.32. The Balaban J connectivity index is 1.96. The number of aliphatic carboxylic acids is 1. The van der Waals surface area contributed by atoms with E-state index in [0.29, 0.717) is 41.8 Å². The van der Waals surface area contributed by atoms with E-state index in [1.165, 1.54) is 0 Å². The Bertz CT molecular complexity index is 1010. The molecule has 2 N–H and O–H groups in total. The molecule has 0 aliphatic carbocycles. The van der Waals surface area contributed by atoms with E-state index >= 15 is 0 Å². The lowest BCUT2D eigenvalue weighted by Crippen LogP contribution is -2.07. The number of carbonyl (C=O) groups excluding carboxylic acids is 1. The van der Waals surface area contributed by atoms with Gasteiger partial charge in [0.2, 0.25) is 0 Å². The van der Waals surface area contributed by atoms with E-state index in [9.17, 15) is 14.7 Å². The maximum absolute atomic E-state index is 11.4. The van der Waals surface area contributed by atoms with Crippen molar-refractivity contribution in [1.29, 1.82) is 0 Å². The van der Waals surface area contributed by atoms with Crippen molar-refractivity contribution in [2.75, 3.05) is 6.61 Å². The number of aryl methyl sites for hydroxylation is 1. The van der Waals surface area contributed by atoms with Crippen molar-refractivity contribution < 1.29 is 24.5 Å². The molecule has 0 aliphatic rings. The van der Waals surface area contributed by atoms with Gasteiger partial charge in [-0.05, 0) is 62.1 Å². The number of benzene rings is 2. The smallest absolute Gasteiger partial charge is 0.333 e. The van der Waals surface area contributed by atoms with Crippen LogP contribution >= 0.6 is 0 Å². The Morgan fingerprint density at radius 1 is 1.03 bits per heavy atom. The molecule has 2 rings (SSSR count). The maximum atomic E-state index is 11.4. The lowest BCUT2D eigenvalue weighted by molar-refractivity contribution is -0.138. The Hall–Kier alpha value is -3.74. The molecule has 0 fully saturated rings. The van der Waals surface area contributed by atoms with Crippen LogP contribution in [0.1, 0.15) is 31.4 Å². The first-order chi connectivity index (χ1) is 14.8. The molecule has 0 saturated heterocycles. The van der Waals surface area contributed by atoms with Crippen LogP contribution < -0.4 is 0 Å². The summed E-state index contributed by atoms with van der Waals surface area (Å²) in [6, 6.07) is 12.4. The molecule has 7 heteroatoms. The summed E-state index contributed by atoms with van der Waals surface area (Å²) in [7, 11) is 0. The van der Waals surface area contributed by atoms with Gasteiger partial charge in [0.15, 0.2) is 0 Å². The zero-order valence-corrected chi connectivity index (χ0v) is 17.7. The number of ether oxygens (including phenoxy) is 1. The summed E-state index contributed by atoms with van der Waals surface area (Å²) in [5.41, 5.74) is 3.54. The predicted molar refractivity (Wildman–Crippen MR) is 118 cm³/mol. The molecule has 2 aromatic rings. The van der Waals surface area contributed by atoms with Crippen LogP contribution in [0.5, 0.6) is 5.75 Å². The van der Waals surface area contributed by atoms with Crippen LogP contribution in [0.2, 0.25) is 0 Å². The van der Waals surface area contributed by atoms with Crippen molar-refractivity contribution in [3.05, 3.63) is 77.4 Å². The Morgan fingerprint density at radius 3 is 2.35 bits per heavy atom. The van der Waals surface area contributed by atoms with Gasteiger partial charge in [0, 0.05) is 17.6 Å². The number of esters is 1. The molecule has 0 heterocycles. The van der Waals surface area contributed by atoms with Crippen LogP contribution in [0.4, 0.5) is 11.4 Å². The monoisotopic (exact) mass is 422 g/mol. The van der Waals surface area contributed by atoms with Gasteiger partial charge in [-0.2, -0.15) is 5.11 Å². The summed E-state index contributed by atoms with van der Waals surface area (Å²) < 4.78 is 5.08. The van der Waals surface area contributed by atoms with Crippen molar-refractivity contribution in [3.8, 4) is 5.75 Å². The summed E-state index contributed by atoms with van der Waals surface area (Å²) in [6.45, 7) is 6.97. The molecule has 0 bridgehead atoms. The van der Waals surface area contributed by atoms with E-state index in [2.05, 4.69) is 16.8 Å². The predicted octanol–water partition coefficient (Wildman–Crippen LogP) is 5.43. The van der Waals surface area contributed by atoms with Gasteiger partial charge in [-0.25, -0.2) is 9.59 Å². The fraction of sp³-hybridized carbons (Fsp3) is 0.250. The number of carboxylic acid groups (broad SMARTS) is 1. The van der Waals surface area contributed by atoms with E-state index < -0.39 is 11.9 Å². The minimum atomic E-state index is -0.931. The molecule has 0 aromatic heterocycles. The molecule has 0 amide bonds. The molecule has 7 nitrogen and oxygen atoms in total. The molecule has 31 heavy (non-hydrogen) atoms. The Kier molecular flexibility index (Phi) is 8.69. The van der Waals surface area contributed by atoms with Gasteiger partial charge in [0.25, 0.3) is 0 Å². The Morgan fingerprint density at radius 2 is 1.71 bits per heavy atom. The number of rotatable bonds is 10. The zero-order chi connectivity index (χ0) is 22.8. The van der Waals surface area contributed by atoms with E-state index in [-0.39, 0.29) is 12.4 Å². The van der Waals surface area contributed by atoms with Crippen LogP contribution in [0.3, 0.4) is 0 Å². The third kappa shape index (κ3) is 7.89. The van der Waals surface area contributed by atoms with Gasteiger partial charge < -0.3 is 14.9 Å². The first-order valence-electron chi connectivity index (χ1n) is 9.81. The number of hydrogen-bond donors (Lipinski definition) is 2. The van der Waals surface area contributed by atoms with Gasteiger partial charge in [-0.15, -0.1) is 5.11 Å². The quantitative estimate of drug-likeness (QED) is 0.301. The van der Waals surface area contributed by atoms with Gasteiger partial charge in [0.1, 0.15) is 11.4 Å². The number of hydrogen-bond acceptors (Lipinski definition) is 6. The molecule has 2 aromatic carbocycles. The number of carbonyl (C=O) groups is 2. The third-order valence-corrected chi connectivity index (χ3v) is 4.44. The van der Waals surface area contributed by atoms with Crippen LogP contribution in [0.25, 0.3) is 0 Å². The lowest BCUT2D eigenvalue weighted by atomic mass is 10.1. The van der Waals surface area contributed by atoms with Crippen molar-refractivity contribution in [1.82, 2.24) is 0 Å². The van der Waals surface area contributed by atoms with E-state index in [4.69, 9.17) is 9.84 Å². The highest BCUT2D eigenvalue weighted by Crippen LogP contribution is 2.29. The minimum absolute atomic E-state index is 0.0145. The molecule has 0 aliphatic heterocycles. The van der Waals surface area contributed by atoms with Gasteiger partial charge in [-0.1, -0.05) is 30.9 Å². The largest absolute Gasteiger partial charge is 0.506 e. The second-order valence-corrected chi connectivity index (χ2v) is 7.09. The highest BCUT2D eigenvalue weighted by atomic mass is 16.5. The van der Waals surface area contributed by atoms with Crippen LogP contribution in [-0.2, 0) is 27.2 Å². The molecular formula is C24H26N2O5. The highest BCUT2D eigenvalue weighted by molar-refractivity contribution is 5.87. The molecule has 0 unspecified atom stereocenters. The fourth-order valence-electron chi connectivity index (χ4n) is 2.57. The molecule has 0 spiro atoms. The molecule has 0 atom stereocenters. The van der Waals surface area contributed by atoms with Gasteiger partial charge in [0.05, 0.1) is 12.3 Å². The zero-order valence-electron chi connectivity index (χ0n) is 17.7. The average molecular weight is 422 g/mol. The maximum Gasteiger partial charge on any atom is 0.333 e. The number of allylic oxidation sites excluding steroid dienone is 1. The van der Waals surface area contributed by atoms with Gasteiger partial charge >= 0.3 is 11.9 Å². The van der Waals surface area contributed by atoms with Crippen LogP contribution in [0.15, 0.2) is 76.5 Å². The van der Waals surface area contributed by atoms with E-state index in [1.54, 1.807) is 50.3 Å². The number of phenolic OH excluding ortho intramolecular Hbond substituents is 1. The van der Waals surface area contributed by atoms with E-state index in [1.807, 2.05) is 12.1 Å². The first-order valence-corrected chi connectivity index (χ1v) is 9.81. The second kappa shape index (κ2) is 11.4. The number of carboxylic acids is 1. The highest BCUT2D eigenvalue weighted by Gasteiger charge is 2.05. The number of nitrogens with zero attached hydrogens (tertiary/aromatic N) is 2. The third-order valence-electron chi connectivity index (χ3n) is 4.44. The van der Waals surface area contributed by atoms with Crippen molar-refractivity contribution in [3.63, 3.8) is 0 Å². The number of phenols is 1. The van der Waals surface area contributed by atoms with Crippen molar-refractivity contribution in [2.24, 2.45) is 10.2 Å². The number of aromatic hydroxyl groups is 1. The summed E-state index contributed by atoms with van der Waals surface area (Å²) >= 11 is 0. The average Bonchev–Trinajstić information content (AvgIpc) is 2.74.